The molecule has 10 heteroatoms. The Hall–Kier alpha value is -3.46. The molecule has 0 aromatic heterocycles. The number of carbonyl (C=O) groups excluding carboxylic acids is 2. The van der Waals surface area contributed by atoms with E-state index < -0.39 is 12.2 Å². The lowest BCUT2D eigenvalue weighted by Gasteiger charge is -2.40. The molecule has 2 aromatic carbocycles. The van der Waals surface area contributed by atoms with Gasteiger partial charge in [-0.1, -0.05) is 23.7 Å². The highest BCUT2D eigenvalue weighted by Gasteiger charge is 2.54. The number of aliphatic imine (C=N–C) groups is 1. The third-order valence-electron chi connectivity index (χ3n) is 6.31. The topological polar surface area (TPSA) is 77.9 Å². The smallest absolute Gasteiger partial charge is 0.328 e. The molecule has 0 spiro atoms. The van der Waals surface area contributed by atoms with E-state index in [0.29, 0.717) is 35.6 Å². The van der Waals surface area contributed by atoms with E-state index >= 15 is 0 Å². The zero-order chi connectivity index (χ0) is 23.3. The van der Waals surface area contributed by atoms with Gasteiger partial charge in [-0.15, -0.1) is 0 Å². The normalized spacial score (nSPS) is 21.9. The number of hydrogen-bond acceptors (Lipinski definition) is 7. The van der Waals surface area contributed by atoms with Crippen LogP contribution in [0.25, 0.3) is 0 Å². The van der Waals surface area contributed by atoms with Crippen molar-refractivity contribution in [2.24, 2.45) is 4.99 Å². The number of likely N-dealkylation sites (N-methyl/N-ethyl adjacent to an activating group) is 1. The number of carbonyl (C=O) groups is 2. The van der Waals surface area contributed by atoms with Gasteiger partial charge in [0.2, 0.25) is 5.96 Å². The van der Waals surface area contributed by atoms with Crippen molar-refractivity contribution >= 4 is 35.2 Å². The molecule has 172 valence electrons. The molecule has 2 fully saturated rings. The highest BCUT2D eigenvalue weighted by atomic mass is 35.5. The fourth-order valence-electron chi connectivity index (χ4n) is 4.59. The maximum atomic E-state index is 13.5. The van der Waals surface area contributed by atoms with Gasteiger partial charge in [0.1, 0.15) is 11.5 Å². The number of fused-ring (bicyclic) bond motifs is 3. The lowest BCUT2D eigenvalue weighted by Crippen LogP contribution is -2.64. The Morgan fingerprint density at radius 3 is 2.52 bits per heavy atom. The van der Waals surface area contributed by atoms with Crippen molar-refractivity contribution in [3.05, 3.63) is 53.1 Å². The first-order valence-corrected chi connectivity index (χ1v) is 11.0. The van der Waals surface area contributed by atoms with Crippen LogP contribution < -0.4 is 14.4 Å². The number of imide groups is 1. The van der Waals surface area contributed by atoms with Crippen molar-refractivity contribution in [2.75, 3.05) is 39.3 Å². The van der Waals surface area contributed by atoms with Crippen LogP contribution in [0.2, 0.25) is 5.02 Å². The number of halogens is 1. The standard InChI is InChI=1S/C23H24ClN5O4/c1-26-20-19(21(30)29(23(26)31)13-14-4-6-15(24)7-5-14)28-11-10-27(22(28)25-20)17-9-8-16(32-2)12-18(17)33-3/h4-9,12,19-20H,10-11,13H2,1-3H3. The summed E-state index contributed by atoms with van der Waals surface area (Å²) < 4.78 is 10.9. The molecule has 0 aliphatic carbocycles. The van der Waals surface area contributed by atoms with Gasteiger partial charge in [0.05, 0.1) is 26.5 Å². The quantitative estimate of drug-likeness (QED) is 0.670. The summed E-state index contributed by atoms with van der Waals surface area (Å²) in [7, 11) is 4.89. The Morgan fingerprint density at radius 2 is 1.82 bits per heavy atom. The lowest BCUT2D eigenvalue weighted by atomic mass is 10.1. The first-order valence-electron chi connectivity index (χ1n) is 10.6. The van der Waals surface area contributed by atoms with Gasteiger partial charge in [-0.2, -0.15) is 0 Å². The summed E-state index contributed by atoms with van der Waals surface area (Å²) in [6, 6.07) is 11.8. The van der Waals surface area contributed by atoms with Gasteiger partial charge in [-0.25, -0.2) is 9.79 Å². The predicted octanol–water partition coefficient (Wildman–Crippen LogP) is 2.64. The number of amides is 3. The van der Waals surface area contributed by atoms with Crippen LogP contribution in [0.15, 0.2) is 47.5 Å². The van der Waals surface area contributed by atoms with Crippen molar-refractivity contribution < 1.29 is 19.1 Å². The van der Waals surface area contributed by atoms with Gasteiger partial charge < -0.3 is 24.2 Å². The van der Waals surface area contributed by atoms with Crippen LogP contribution >= 0.6 is 11.6 Å². The molecule has 3 aliphatic rings. The van der Waals surface area contributed by atoms with E-state index in [1.165, 1.54) is 9.80 Å². The molecule has 5 rings (SSSR count). The van der Waals surface area contributed by atoms with Gasteiger partial charge in [0, 0.05) is 31.2 Å². The number of ether oxygens (including phenoxy) is 2. The van der Waals surface area contributed by atoms with Crippen molar-refractivity contribution in [1.29, 1.82) is 0 Å². The summed E-state index contributed by atoms with van der Waals surface area (Å²) >= 11 is 5.97. The minimum atomic E-state index is -0.575. The van der Waals surface area contributed by atoms with E-state index in [2.05, 4.69) is 0 Å². The monoisotopic (exact) mass is 469 g/mol. The predicted molar refractivity (Wildman–Crippen MR) is 124 cm³/mol. The second-order valence-electron chi connectivity index (χ2n) is 8.11. The fraction of sp³-hybridized carbons (Fsp3) is 0.348. The van der Waals surface area contributed by atoms with Gasteiger partial charge in [0.25, 0.3) is 5.91 Å². The number of anilines is 1. The molecule has 0 saturated carbocycles. The summed E-state index contributed by atoms with van der Waals surface area (Å²) in [5.74, 6) is 1.75. The number of benzene rings is 2. The maximum Gasteiger partial charge on any atom is 0.328 e. The molecule has 3 heterocycles. The van der Waals surface area contributed by atoms with E-state index in [1.54, 1.807) is 33.4 Å². The van der Waals surface area contributed by atoms with E-state index in [9.17, 15) is 9.59 Å². The Balaban J connectivity index is 1.44. The molecule has 9 nitrogen and oxygen atoms in total. The van der Waals surface area contributed by atoms with Gasteiger partial charge in [-0.3, -0.25) is 9.69 Å². The SMILES string of the molecule is COc1ccc(N2CCN3C2=NC2C3C(=O)N(Cc3ccc(Cl)cc3)C(=O)N2C)c(OC)c1. The highest BCUT2D eigenvalue weighted by Crippen LogP contribution is 2.38. The van der Waals surface area contributed by atoms with E-state index in [-0.39, 0.29) is 18.5 Å². The van der Waals surface area contributed by atoms with Gasteiger partial charge in [-0.05, 0) is 29.8 Å². The fourth-order valence-corrected chi connectivity index (χ4v) is 4.72. The summed E-state index contributed by atoms with van der Waals surface area (Å²) in [5.41, 5.74) is 1.66. The molecule has 2 unspecified atom stereocenters. The molecular weight excluding hydrogens is 446 g/mol. The number of urea groups is 1. The lowest BCUT2D eigenvalue weighted by molar-refractivity contribution is -0.137. The molecule has 2 saturated heterocycles. The molecule has 3 aliphatic heterocycles. The first-order chi connectivity index (χ1) is 15.9. The average molecular weight is 470 g/mol. The Morgan fingerprint density at radius 1 is 1.06 bits per heavy atom. The summed E-state index contributed by atoms with van der Waals surface area (Å²) in [5, 5.41) is 0.604. The molecule has 0 N–H and O–H groups in total. The highest BCUT2D eigenvalue weighted by molar-refractivity contribution is 6.30. The van der Waals surface area contributed by atoms with Crippen LogP contribution in [-0.4, -0.2) is 79.2 Å². The minimum Gasteiger partial charge on any atom is -0.497 e. The Kier molecular flexibility index (Phi) is 5.28. The number of methoxy groups -OCH3 is 2. The molecule has 2 atom stereocenters. The third-order valence-corrected chi connectivity index (χ3v) is 6.56. The zero-order valence-corrected chi connectivity index (χ0v) is 19.3. The van der Waals surface area contributed by atoms with Crippen molar-refractivity contribution in [3.63, 3.8) is 0 Å². The second kappa shape index (κ2) is 8.15. The number of guanidine groups is 1. The van der Waals surface area contributed by atoms with E-state index in [4.69, 9.17) is 26.1 Å². The van der Waals surface area contributed by atoms with Crippen molar-refractivity contribution in [3.8, 4) is 11.5 Å². The third kappa shape index (κ3) is 3.43. The summed E-state index contributed by atoms with van der Waals surface area (Å²) in [4.78, 5) is 38.2. The zero-order valence-electron chi connectivity index (χ0n) is 18.6. The number of hydrogen-bond donors (Lipinski definition) is 0. The molecule has 33 heavy (non-hydrogen) atoms. The van der Waals surface area contributed by atoms with Crippen molar-refractivity contribution in [1.82, 2.24) is 14.7 Å². The summed E-state index contributed by atoms with van der Waals surface area (Å²) in [6.07, 6.45) is -0.575. The average Bonchev–Trinajstić information content (AvgIpc) is 3.41. The molecule has 3 amide bonds. The van der Waals surface area contributed by atoms with Crippen LogP contribution in [-0.2, 0) is 11.3 Å². The van der Waals surface area contributed by atoms with Crippen molar-refractivity contribution in [2.45, 2.75) is 18.8 Å². The largest absolute Gasteiger partial charge is 0.497 e. The summed E-state index contributed by atoms with van der Waals surface area (Å²) in [6.45, 7) is 1.44. The first kappa shape index (κ1) is 21.4. The Labute approximate surface area is 196 Å². The molecule has 2 aromatic rings. The number of nitrogens with zero attached hydrogens (tertiary/aromatic N) is 5. The van der Waals surface area contributed by atoms with Gasteiger partial charge >= 0.3 is 6.03 Å². The van der Waals surface area contributed by atoms with Crippen LogP contribution in [0.4, 0.5) is 10.5 Å². The number of rotatable bonds is 5. The minimum absolute atomic E-state index is 0.182. The Bertz CT molecular complexity index is 1140. The molecular formula is C23H24ClN5O4. The van der Waals surface area contributed by atoms with Crippen LogP contribution in [0.5, 0.6) is 11.5 Å². The van der Waals surface area contributed by atoms with Crippen LogP contribution in [0.1, 0.15) is 5.56 Å². The van der Waals surface area contributed by atoms with Gasteiger partial charge in [0.15, 0.2) is 12.2 Å². The van der Waals surface area contributed by atoms with E-state index in [1.807, 2.05) is 40.1 Å². The molecule has 0 radical (unpaired) electrons. The van der Waals surface area contributed by atoms with E-state index in [0.717, 1.165) is 11.3 Å². The van der Waals surface area contributed by atoms with Crippen LogP contribution in [0, 0.1) is 0 Å². The molecule has 0 bridgehead atoms. The second-order valence-corrected chi connectivity index (χ2v) is 8.55. The maximum absolute atomic E-state index is 13.5. The van der Waals surface area contributed by atoms with Crippen LogP contribution in [0.3, 0.4) is 0 Å².